The molecule has 1 atom stereocenters. The van der Waals surface area contributed by atoms with E-state index < -0.39 is 12.3 Å². The summed E-state index contributed by atoms with van der Waals surface area (Å²) in [6.07, 6.45) is 19.6. The minimum atomic E-state index is -1.05. The molecule has 184 valence electrons. The summed E-state index contributed by atoms with van der Waals surface area (Å²) in [5.74, 6) is -0.440. The normalized spacial score (nSPS) is 22.0. The Morgan fingerprint density at radius 2 is 1.58 bits per heavy atom. The third-order valence-corrected chi connectivity index (χ3v) is 7.29. The number of esters is 1. The lowest BCUT2D eigenvalue weighted by Gasteiger charge is -2.35. The first-order chi connectivity index (χ1) is 15.6. The van der Waals surface area contributed by atoms with Gasteiger partial charge in [-0.25, -0.2) is 4.79 Å². The molecule has 0 saturated heterocycles. The average Bonchev–Trinajstić information content (AvgIpc) is 3.04. The molecular weight excluding hydrogens is 408 g/mol. The van der Waals surface area contributed by atoms with E-state index in [9.17, 15) is 9.90 Å². The van der Waals surface area contributed by atoms with Crippen LogP contribution in [0.15, 0.2) is 57.7 Å². The second-order valence-corrected chi connectivity index (χ2v) is 10.8. The molecule has 1 heterocycles. The topological polar surface area (TPSA) is 46.5 Å². The van der Waals surface area contributed by atoms with Gasteiger partial charge in [-0.15, -0.1) is 0 Å². The summed E-state index contributed by atoms with van der Waals surface area (Å²) in [7, 11) is 0. The van der Waals surface area contributed by atoms with E-state index in [1.807, 2.05) is 0 Å². The van der Waals surface area contributed by atoms with Gasteiger partial charge in [0.15, 0.2) is 0 Å². The highest BCUT2D eigenvalue weighted by atomic mass is 16.6. The lowest BCUT2D eigenvalue weighted by atomic mass is 9.71. The fourth-order valence-corrected chi connectivity index (χ4v) is 5.07. The van der Waals surface area contributed by atoms with E-state index in [1.54, 1.807) is 11.1 Å². The molecule has 1 N–H and O–H groups in total. The van der Waals surface area contributed by atoms with Crippen LogP contribution in [0.5, 0.6) is 0 Å². The van der Waals surface area contributed by atoms with Crippen molar-refractivity contribution in [1.29, 1.82) is 0 Å². The van der Waals surface area contributed by atoms with Gasteiger partial charge in [-0.3, -0.25) is 0 Å². The fourth-order valence-electron chi connectivity index (χ4n) is 5.07. The largest absolute Gasteiger partial charge is 0.429 e. The summed E-state index contributed by atoms with van der Waals surface area (Å²) in [5.41, 5.74) is 8.75. The van der Waals surface area contributed by atoms with E-state index in [0.29, 0.717) is 17.4 Å². The van der Waals surface area contributed by atoms with Gasteiger partial charge in [0.05, 0.1) is 0 Å². The summed E-state index contributed by atoms with van der Waals surface area (Å²) < 4.78 is 4.71. The Morgan fingerprint density at radius 3 is 2.12 bits per heavy atom. The molecule has 3 nitrogen and oxygen atoms in total. The Morgan fingerprint density at radius 1 is 1.00 bits per heavy atom. The number of aliphatic hydroxyl groups excluding tert-OH is 1. The fraction of sp³-hybridized carbons (Fsp3) is 0.633. The van der Waals surface area contributed by atoms with Gasteiger partial charge in [-0.05, 0) is 104 Å². The number of hydrogen-bond donors (Lipinski definition) is 1. The van der Waals surface area contributed by atoms with E-state index >= 15 is 0 Å². The van der Waals surface area contributed by atoms with Gasteiger partial charge in [0, 0.05) is 11.6 Å². The molecule has 0 aromatic rings. The van der Waals surface area contributed by atoms with Crippen molar-refractivity contribution < 1.29 is 14.6 Å². The lowest BCUT2D eigenvalue weighted by molar-refractivity contribution is -0.151. The molecule has 1 aliphatic heterocycles. The number of rotatable bonds is 12. The standard InChI is InChI=1S/C30H46O3/c1-22(11-7-12-23(2)15-9-17-26-21-28(31)33-29(26)32)13-8-14-24(3)18-19-27-25(4)16-10-20-30(27,5)6/h11,14-15,21,29,32H,7-10,12-13,16-20H2,1-6H3. The van der Waals surface area contributed by atoms with Crippen LogP contribution in [-0.2, 0) is 9.53 Å². The number of aliphatic hydroxyl groups is 1. The summed E-state index contributed by atoms with van der Waals surface area (Å²) >= 11 is 0. The third kappa shape index (κ3) is 9.49. The molecule has 3 heteroatoms. The van der Waals surface area contributed by atoms with Crippen LogP contribution in [0.2, 0.25) is 0 Å². The van der Waals surface area contributed by atoms with Crippen LogP contribution in [0.1, 0.15) is 112 Å². The molecule has 33 heavy (non-hydrogen) atoms. The first kappa shape index (κ1) is 27.4. The monoisotopic (exact) mass is 454 g/mol. The SMILES string of the molecule is CC(=CCCC(C)=CCCC1=CC(=O)OC1O)CCC=C(C)CCC1=C(C)CCCC1(C)C. The molecule has 2 aliphatic rings. The van der Waals surface area contributed by atoms with Crippen molar-refractivity contribution in [1.82, 2.24) is 0 Å². The van der Waals surface area contributed by atoms with Crippen LogP contribution < -0.4 is 0 Å². The zero-order chi connectivity index (χ0) is 24.4. The van der Waals surface area contributed by atoms with E-state index in [-0.39, 0.29) is 0 Å². The molecule has 0 bridgehead atoms. The summed E-state index contributed by atoms with van der Waals surface area (Å²) in [5, 5.41) is 9.61. The minimum Gasteiger partial charge on any atom is -0.429 e. The van der Waals surface area contributed by atoms with Crippen LogP contribution in [0.3, 0.4) is 0 Å². The average molecular weight is 455 g/mol. The first-order valence-electron chi connectivity index (χ1n) is 12.8. The smallest absolute Gasteiger partial charge is 0.333 e. The molecule has 1 aliphatic carbocycles. The highest BCUT2D eigenvalue weighted by Gasteiger charge is 2.27. The maximum absolute atomic E-state index is 11.1. The Labute approximate surface area is 202 Å². The minimum absolute atomic E-state index is 0.386. The molecule has 0 fully saturated rings. The van der Waals surface area contributed by atoms with Crippen molar-refractivity contribution in [2.75, 3.05) is 0 Å². The predicted octanol–water partition coefficient (Wildman–Crippen LogP) is 8.27. The van der Waals surface area contributed by atoms with Crippen LogP contribution in [0.4, 0.5) is 0 Å². The predicted molar refractivity (Wildman–Crippen MR) is 139 cm³/mol. The molecule has 2 rings (SSSR count). The van der Waals surface area contributed by atoms with Crippen molar-refractivity contribution in [2.45, 2.75) is 118 Å². The van der Waals surface area contributed by atoms with Gasteiger partial charge in [0.2, 0.25) is 6.29 Å². The highest BCUT2D eigenvalue weighted by Crippen LogP contribution is 2.42. The molecule has 0 radical (unpaired) electrons. The summed E-state index contributed by atoms with van der Waals surface area (Å²) in [6.45, 7) is 13.9. The highest BCUT2D eigenvalue weighted by molar-refractivity contribution is 5.85. The summed E-state index contributed by atoms with van der Waals surface area (Å²) in [4.78, 5) is 11.1. The van der Waals surface area contributed by atoms with E-state index in [4.69, 9.17) is 4.74 Å². The van der Waals surface area contributed by atoms with E-state index in [2.05, 4.69) is 59.8 Å². The number of carbonyl (C=O) groups is 1. The van der Waals surface area contributed by atoms with Crippen molar-refractivity contribution in [2.24, 2.45) is 5.41 Å². The zero-order valence-corrected chi connectivity index (χ0v) is 21.9. The second kappa shape index (κ2) is 13.1. The van der Waals surface area contributed by atoms with Gasteiger partial charge in [0.1, 0.15) is 0 Å². The Balaban J connectivity index is 1.66. The molecule has 0 aromatic heterocycles. The Kier molecular flexibility index (Phi) is 10.9. The molecule has 1 unspecified atom stereocenters. The van der Waals surface area contributed by atoms with Gasteiger partial charge in [-0.2, -0.15) is 0 Å². The number of allylic oxidation sites excluding steroid dienone is 8. The van der Waals surface area contributed by atoms with Crippen molar-refractivity contribution >= 4 is 5.97 Å². The zero-order valence-electron chi connectivity index (χ0n) is 21.9. The van der Waals surface area contributed by atoms with Crippen LogP contribution in [0.25, 0.3) is 0 Å². The third-order valence-electron chi connectivity index (χ3n) is 7.29. The lowest BCUT2D eigenvalue weighted by Crippen LogP contribution is -2.20. The van der Waals surface area contributed by atoms with Crippen molar-refractivity contribution in [3.8, 4) is 0 Å². The quantitative estimate of drug-likeness (QED) is 0.238. The van der Waals surface area contributed by atoms with Crippen LogP contribution in [-0.4, -0.2) is 17.4 Å². The molecule has 0 spiro atoms. The number of ether oxygens (including phenoxy) is 1. The maximum Gasteiger partial charge on any atom is 0.333 e. The second-order valence-electron chi connectivity index (χ2n) is 10.8. The van der Waals surface area contributed by atoms with E-state index in [1.165, 1.54) is 54.9 Å². The first-order valence-corrected chi connectivity index (χ1v) is 12.8. The number of cyclic esters (lactones) is 1. The van der Waals surface area contributed by atoms with Gasteiger partial charge in [0.25, 0.3) is 0 Å². The molecule has 0 aromatic carbocycles. The van der Waals surface area contributed by atoms with Crippen LogP contribution >= 0.6 is 0 Å². The maximum atomic E-state index is 11.1. The molecule has 0 amide bonds. The summed E-state index contributed by atoms with van der Waals surface area (Å²) in [6, 6.07) is 0. The van der Waals surface area contributed by atoms with Crippen molar-refractivity contribution in [3.05, 3.63) is 57.7 Å². The van der Waals surface area contributed by atoms with Gasteiger partial charge < -0.3 is 9.84 Å². The van der Waals surface area contributed by atoms with Gasteiger partial charge >= 0.3 is 5.97 Å². The number of carbonyl (C=O) groups excluding carboxylic acids is 1. The van der Waals surface area contributed by atoms with E-state index in [0.717, 1.165) is 32.1 Å². The molecule has 0 saturated carbocycles. The Hall–Kier alpha value is -1.87. The van der Waals surface area contributed by atoms with Crippen LogP contribution in [0, 0.1) is 5.41 Å². The molecular formula is C30H46O3. The van der Waals surface area contributed by atoms with Crippen molar-refractivity contribution in [3.63, 3.8) is 0 Å². The Bertz CT molecular complexity index is 833. The number of hydrogen-bond acceptors (Lipinski definition) is 3. The van der Waals surface area contributed by atoms with Gasteiger partial charge in [-0.1, -0.05) is 59.9 Å².